The van der Waals surface area contributed by atoms with Gasteiger partial charge in [-0.25, -0.2) is 0 Å². The molecule has 6 nitrogen and oxygen atoms in total. The summed E-state index contributed by atoms with van der Waals surface area (Å²) in [7, 11) is 2.08. The van der Waals surface area contributed by atoms with Gasteiger partial charge in [-0.3, -0.25) is 9.78 Å². The number of hydrogen-bond acceptors (Lipinski definition) is 5. The smallest absolute Gasteiger partial charge is 0.250 e. The van der Waals surface area contributed by atoms with Gasteiger partial charge < -0.3 is 10.0 Å². The number of halogens is 1. The molecule has 0 spiro atoms. The molecule has 168 valence electrons. The van der Waals surface area contributed by atoms with Crippen molar-refractivity contribution in [1.82, 2.24) is 15.2 Å². The number of H-pyrrole nitrogens is 1. The van der Waals surface area contributed by atoms with Gasteiger partial charge in [0.25, 0.3) is 5.56 Å². The first-order chi connectivity index (χ1) is 15.3. The zero-order chi connectivity index (χ0) is 22.8. The van der Waals surface area contributed by atoms with E-state index in [1.807, 2.05) is 12.1 Å². The van der Waals surface area contributed by atoms with Crippen molar-refractivity contribution >= 4 is 5.82 Å². The SMILES string of the molecule is C[C@@H]1CC[C@H](C)CC(N(C)c2ccc(-c3ccc(-c4cc(F)[nH]c(=O)c4)cc3O)nn2)C1. The lowest BCUT2D eigenvalue weighted by atomic mass is 9.98. The second kappa shape index (κ2) is 9.10. The molecule has 3 atom stereocenters. The van der Waals surface area contributed by atoms with Gasteiger partial charge >= 0.3 is 0 Å². The van der Waals surface area contributed by atoms with Gasteiger partial charge in [-0.1, -0.05) is 32.8 Å². The van der Waals surface area contributed by atoms with E-state index in [1.165, 1.54) is 31.0 Å². The minimum Gasteiger partial charge on any atom is -0.507 e. The number of anilines is 1. The molecule has 7 heteroatoms. The van der Waals surface area contributed by atoms with Crippen molar-refractivity contribution in [2.45, 2.75) is 45.6 Å². The van der Waals surface area contributed by atoms with E-state index < -0.39 is 11.5 Å². The molecule has 0 aliphatic heterocycles. The molecule has 1 aliphatic carbocycles. The van der Waals surface area contributed by atoms with Crippen LogP contribution in [-0.2, 0) is 0 Å². The standard InChI is InChI=1S/C25H29FN4O2/c1-15-4-5-16(2)11-19(10-15)30(3)24-9-8-21(28-29-24)20-7-6-17(12-22(20)31)18-13-23(26)27-25(32)14-18/h6-9,12-16,19,31H,4-5,10-11H2,1-3H3,(H,27,32)/t15-,16+,19?. The van der Waals surface area contributed by atoms with Crippen molar-refractivity contribution in [2.75, 3.05) is 11.9 Å². The van der Waals surface area contributed by atoms with Gasteiger partial charge in [-0.05, 0) is 66.1 Å². The molecule has 3 aromatic rings. The largest absolute Gasteiger partial charge is 0.507 e. The second-order valence-electron chi connectivity index (χ2n) is 9.11. The van der Waals surface area contributed by atoms with Crippen LogP contribution in [-0.4, -0.2) is 33.4 Å². The molecular formula is C25H29FN4O2. The first kappa shape index (κ1) is 22.0. The topological polar surface area (TPSA) is 82.1 Å². The predicted molar refractivity (Wildman–Crippen MR) is 124 cm³/mol. The maximum absolute atomic E-state index is 13.5. The highest BCUT2D eigenvalue weighted by molar-refractivity contribution is 5.74. The van der Waals surface area contributed by atoms with Crippen molar-refractivity contribution in [3.05, 3.63) is 58.8 Å². The van der Waals surface area contributed by atoms with Gasteiger partial charge in [0, 0.05) is 24.7 Å². The lowest BCUT2D eigenvalue weighted by Crippen LogP contribution is -2.34. The van der Waals surface area contributed by atoms with Crippen LogP contribution in [0.3, 0.4) is 0 Å². The molecule has 1 unspecified atom stereocenters. The highest BCUT2D eigenvalue weighted by atomic mass is 19.1. The Hall–Kier alpha value is -3.22. The van der Waals surface area contributed by atoms with Crippen molar-refractivity contribution < 1.29 is 9.50 Å². The van der Waals surface area contributed by atoms with E-state index in [-0.39, 0.29) is 5.75 Å². The molecule has 1 aliphatic rings. The first-order valence-electron chi connectivity index (χ1n) is 11.1. The Balaban J connectivity index is 1.55. The summed E-state index contributed by atoms with van der Waals surface area (Å²) >= 11 is 0. The highest BCUT2D eigenvalue weighted by Crippen LogP contribution is 2.34. The lowest BCUT2D eigenvalue weighted by Gasteiger charge is -2.30. The number of aromatic amines is 1. The number of phenols is 1. The van der Waals surface area contributed by atoms with Gasteiger partial charge in [-0.15, -0.1) is 10.2 Å². The average molecular weight is 437 g/mol. The number of pyridine rings is 1. The molecule has 0 radical (unpaired) electrons. The molecule has 0 saturated heterocycles. The van der Waals surface area contributed by atoms with Crippen LogP contribution in [0.5, 0.6) is 5.75 Å². The van der Waals surface area contributed by atoms with Gasteiger partial charge in [0.2, 0.25) is 0 Å². The van der Waals surface area contributed by atoms with E-state index >= 15 is 0 Å². The van der Waals surface area contributed by atoms with Crippen LogP contribution >= 0.6 is 0 Å². The Kier molecular flexibility index (Phi) is 6.26. The summed E-state index contributed by atoms with van der Waals surface area (Å²) in [5.41, 5.74) is 1.47. The third-order valence-electron chi connectivity index (χ3n) is 6.48. The molecule has 2 N–H and O–H groups in total. The number of hydrogen-bond donors (Lipinski definition) is 2. The van der Waals surface area contributed by atoms with Crippen molar-refractivity contribution in [2.24, 2.45) is 11.8 Å². The van der Waals surface area contributed by atoms with Crippen LogP contribution in [0.4, 0.5) is 10.2 Å². The molecule has 2 aromatic heterocycles. The zero-order valence-corrected chi connectivity index (χ0v) is 18.7. The van der Waals surface area contributed by atoms with Gasteiger partial charge in [0.05, 0.1) is 5.69 Å². The fourth-order valence-corrected chi connectivity index (χ4v) is 4.59. The molecule has 0 bridgehead atoms. The number of aromatic nitrogens is 3. The van der Waals surface area contributed by atoms with Crippen LogP contribution in [0, 0.1) is 17.8 Å². The van der Waals surface area contributed by atoms with E-state index in [0.717, 1.165) is 18.7 Å². The summed E-state index contributed by atoms with van der Waals surface area (Å²) in [6.07, 6.45) is 4.84. The van der Waals surface area contributed by atoms with Gasteiger partial charge in [0.15, 0.2) is 11.8 Å². The quantitative estimate of drug-likeness (QED) is 0.445. The van der Waals surface area contributed by atoms with E-state index in [0.29, 0.717) is 40.3 Å². The fourth-order valence-electron chi connectivity index (χ4n) is 4.59. The Bertz CT molecular complexity index is 1130. The summed E-state index contributed by atoms with van der Waals surface area (Å²) in [5.74, 6) is 1.48. The van der Waals surface area contributed by atoms with Crippen LogP contribution in [0.2, 0.25) is 0 Å². The summed E-state index contributed by atoms with van der Waals surface area (Å²) < 4.78 is 13.5. The normalized spacial score (nSPS) is 21.2. The molecule has 32 heavy (non-hydrogen) atoms. The molecule has 1 saturated carbocycles. The van der Waals surface area contributed by atoms with Crippen molar-refractivity contribution in [3.8, 4) is 28.1 Å². The summed E-state index contributed by atoms with van der Waals surface area (Å²) in [5, 5.41) is 19.3. The zero-order valence-electron chi connectivity index (χ0n) is 18.7. The van der Waals surface area contributed by atoms with Crippen LogP contribution in [0.1, 0.15) is 39.5 Å². The second-order valence-corrected chi connectivity index (χ2v) is 9.11. The maximum Gasteiger partial charge on any atom is 0.250 e. The molecule has 0 amide bonds. The number of nitrogens with one attached hydrogen (secondary N) is 1. The molecule has 2 heterocycles. The Morgan fingerprint density at radius 3 is 2.31 bits per heavy atom. The number of nitrogens with zero attached hydrogens (tertiary/aromatic N) is 3. The Morgan fingerprint density at radius 1 is 1.00 bits per heavy atom. The molecule has 1 fully saturated rings. The minimum absolute atomic E-state index is 0.00925. The fraction of sp³-hybridized carbons (Fsp3) is 0.400. The van der Waals surface area contributed by atoms with E-state index in [1.54, 1.807) is 12.1 Å². The summed E-state index contributed by atoms with van der Waals surface area (Å²) in [6, 6.07) is 11.6. The maximum atomic E-state index is 13.5. The van der Waals surface area contributed by atoms with E-state index in [2.05, 4.69) is 41.0 Å². The van der Waals surface area contributed by atoms with Gasteiger partial charge in [0.1, 0.15) is 5.75 Å². The monoisotopic (exact) mass is 436 g/mol. The minimum atomic E-state index is -0.723. The van der Waals surface area contributed by atoms with E-state index in [4.69, 9.17) is 0 Å². The van der Waals surface area contributed by atoms with Crippen molar-refractivity contribution in [3.63, 3.8) is 0 Å². The summed E-state index contributed by atoms with van der Waals surface area (Å²) in [4.78, 5) is 15.8. The average Bonchev–Trinajstić information content (AvgIpc) is 2.93. The number of rotatable bonds is 4. The first-order valence-corrected chi connectivity index (χ1v) is 11.1. The summed E-state index contributed by atoms with van der Waals surface area (Å²) in [6.45, 7) is 4.64. The number of aromatic hydroxyl groups is 1. The Labute approximate surface area is 187 Å². The highest BCUT2D eigenvalue weighted by Gasteiger charge is 2.25. The lowest BCUT2D eigenvalue weighted by molar-refractivity contribution is 0.446. The third-order valence-corrected chi connectivity index (χ3v) is 6.48. The predicted octanol–water partition coefficient (Wildman–Crippen LogP) is 4.99. The molecule has 4 rings (SSSR count). The number of phenolic OH excluding ortho intramolecular Hbond substituents is 1. The van der Waals surface area contributed by atoms with E-state index in [9.17, 15) is 14.3 Å². The molecule has 1 aromatic carbocycles. The van der Waals surface area contributed by atoms with Gasteiger partial charge in [-0.2, -0.15) is 4.39 Å². The third kappa shape index (κ3) is 4.82. The number of benzene rings is 1. The van der Waals surface area contributed by atoms with Crippen LogP contribution in [0.25, 0.3) is 22.4 Å². The molecular weight excluding hydrogens is 407 g/mol. The van der Waals surface area contributed by atoms with Crippen LogP contribution in [0.15, 0.2) is 47.3 Å². The Morgan fingerprint density at radius 2 is 1.72 bits per heavy atom. The van der Waals surface area contributed by atoms with Crippen molar-refractivity contribution in [1.29, 1.82) is 0 Å². The van der Waals surface area contributed by atoms with Crippen LogP contribution < -0.4 is 10.5 Å².